The van der Waals surface area contributed by atoms with Crippen LogP contribution in [0.2, 0.25) is 5.15 Å². The Labute approximate surface area is 132 Å². The average molecular weight is 352 g/mol. The van der Waals surface area contributed by atoms with E-state index in [1.165, 1.54) is 15.7 Å². The molecule has 0 fully saturated rings. The van der Waals surface area contributed by atoms with E-state index in [0.717, 1.165) is 12.8 Å². The maximum atomic E-state index is 12.4. The summed E-state index contributed by atoms with van der Waals surface area (Å²) in [5, 5.41) is 10.7. The van der Waals surface area contributed by atoms with Gasteiger partial charge in [-0.25, -0.2) is 18.1 Å². The largest absolute Gasteiger partial charge is 0.396 e. The number of nitrogens with one attached hydrogen (secondary N) is 1. The SMILES string of the molecule is CCCC(CCO)CNS(=O)(=O)c1c(Cl)nc2sccn12. The van der Waals surface area contributed by atoms with E-state index in [9.17, 15) is 8.42 Å². The molecule has 0 aliphatic carbocycles. The van der Waals surface area contributed by atoms with Gasteiger partial charge < -0.3 is 5.11 Å². The summed E-state index contributed by atoms with van der Waals surface area (Å²) in [7, 11) is -3.73. The van der Waals surface area contributed by atoms with E-state index in [1.54, 1.807) is 11.6 Å². The van der Waals surface area contributed by atoms with Crippen LogP contribution in [-0.4, -0.2) is 36.1 Å². The summed E-state index contributed by atoms with van der Waals surface area (Å²) in [6.07, 6.45) is 4.00. The third-order valence-corrected chi connectivity index (χ3v) is 5.81. The number of halogens is 1. The first-order valence-corrected chi connectivity index (χ1v) is 9.45. The number of imidazole rings is 1. The highest BCUT2D eigenvalue weighted by molar-refractivity contribution is 7.89. The monoisotopic (exact) mass is 351 g/mol. The molecular weight excluding hydrogens is 334 g/mol. The summed E-state index contributed by atoms with van der Waals surface area (Å²) in [5.74, 6) is 0.111. The fraction of sp³-hybridized carbons (Fsp3) is 0.583. The number of fused-ring (bicyclic) bond motifs is 1. The molecule has 1 unspecified atom stereocenters. The van der Waals surface area contributed by atoms with Crippen molar-refractivity contribution in [1.82, 2.24) is 14.1 Å². The maximum absolute atomic E-state index is 12.4. The first-order chi connectivity index (χ1) is 9.99. The van der Waals surface area contributed by atoms with Crippen molar-refractivity contribution in [2.24, 2.45) is 5.92 Å². The smallest absolute Gasteiger partial charge is 0.259 e. The molecule has 0 saturated heterocycles. The molecule has 0 bridgehead atoms. The van der Waals surface area contributed by atoms with E-state index >= 15 is 0 Å². The molecule has 2 N–H and O–H groups in total. The Morgan fingerprint density at radius 1 is 1.52 bits per heavy atom. The number of rotatable bonds is 8. The van der Waals surface area contributed by atoms with Crippen molar-refractivity contribution in [3.63, 3.8) is 0 Å². The molecule has 0 aliphatic rings. The van der Waals surface area contributed by atoms with Crippen molar-refractivity contribution < 1.29 is 13.5 Å². The van der Waals surface area contributed by atoms with E-state index in [0.29, 0.717) is 11.4 Å². The summed E-state index contributed by atoms with van der Waals surface area (Å²) < 4.78 is 28.9. The van der Waals surface area contributed by atoms with Gasteiger partial charge in [-0.05, 0) is 18.8 Å². The van der Waals surface area contributed by atoms with Crippen molar-refractivity contribution in [3.05, 3.63) is 16.7 Å². The highest BCUT2D eigenvalue weighted by Gasteiger charge is 2.25. The van der Waals surface area contributed by atoms with Gasteiger partial charge in [0.25, 0.3) is 10.0 Å². The topological polar surface area (TPSA) is 83.7 Å². The van der Waals surface area contributed by atoms with Gasteiger partial charge >= 0.3 is 0 Å². The summed E-state index contributed by atoms with van der Waals surface area (Å²) in [6, 6.07) is 0. The molecule has 118 valence electrons. The lowest BCUT2D eigenvalue weighted by Gasteiger charge is -2.15. The minimum Gasteiger partial charge on any atom is -0.396 e. The molecule has 0 radical (unpaired) electrons. The zero-order valence-corrected chi connectivity index (χ0v) is 14.0. The van der Waals surface area contributed by atoms with Crippen molar-refractivity contribution in [2.45, 2.75) is 31.2 Å². The fourth-order valence-electron chi connectivity index (χ4n) is 2.21. The number of aliphatic hydroxyl groups excluding tert-OH is 1. The third kappa shape index (κ3) is 3.75. The molecule has 1 atom stereocenters. The predicted octanol–water partition coefficient (Wildman–Crippen LogP) is 2.13. The summed E-state index contributed by atoms with van der Waals surface area (Å²) in [5.41, 5.74) is 0. The van der Waals surface area contributed by atoms with Gasteiger partial charge in [-0.15, -0.1) is 11.3 Å². The lowest BCUT2D eigenvalue weighted by molar-refractivity contribution is 0.251. The van der Waals surface area contributed by atoms with Gasteiger partial charge in [0.15, 0.2) is 15.1 Å². The van der Waals surface area contributed by atoms with E-state index < -0.39 is 10.0 Å². The Morgan fingerprint density at radius 3 is 2.95 bits per heavy atom. The van der Waals surface area contributed by atoms with Crippen LogP contribution in [-0.2, 0) is 10.0 Å². The van der Waals surface area contributed by atoms with Crippen LogP contribution in [0.3, 0.4) is 0 Å². The van der Waals surface area contributed by atoms with Crippen LogP contribution in [0.4, 0.5) is 0 Å². The second-order valence-electron chi connectivity index (χ2n) is 4.78. The van der Waals surface area contributed by atoms with Gasteiger partial charge in [0.05, 0.1) is 0 Å². The Bertz CT molecular complexity index is 690. The lowest BCUT2D eigenvalue weighted by atomic mass is 10.0. The van der Waals surface area contributed by atoms with Crippen LogP contribution in [0.25, 0.3) is 4.96 Å². The van der Waals surface area contributed by atoms with Crippen LogP contribution in [0.1, 0.15) is 26.2 Å². The van der Waals surface area contributed by atoms with Crippen molar-refractivity contribution in [3.8, 4) is 0 Å². The second kappa shape index (κ2) is 7.06. The van der Waals surface area contributed by atoms with Gasteiger partial charge in [-0.2, -0.15) is 0 Å². The molecular formula is C12H18ClN3O3S2. The fourth-order valence-corrected chi connectivity index (χ4v) is 4.78. The van der Waals surface area contributed by atoms with Gasteiger partial charge in [0, 0.05) is 24.7 Å². The second-order valence-corrected chi connectivity index (χ2v) is 7.70. The van der Waals surface area contributed by atoms with Crippen molar-refractivity contribution >= 4 is 37.9 Å². The number of hydrogen-bond donors (Lipinski definition) is 2. The minimum absolute atomic E-state index is 0.0245. The molecule has 2 rings (SSSR count). The van der Waals surface area contributed by atoms with E-state index in [-0.39, 0.29) is 29.2 Å². The molecule has 6 nitrogen and oxygen atoms in total. The number of nitrogens with zero attached hydrogens (tertiary/aromatic N) is 2. The predicted molar refractivity (Wildman–Crippen MR) is 83.4 cm³/mol. The molecule has 0 saturated carbocycles. The van der Waals surface area contributed by atoms with Crippen LogP contribution in [0.5, 0.6) is 0 Å². The van der Waals surface area contributed by atoms with Crippen LogP contribution < -0.4 is 4.72 Å². The summed E-state index contributed by atoms with van der Waals surface area (Å²) >= 11 is 7.27. The number of hydrogen-bond acceptors (Lipinski definition) is 5. The van der Waals surface area contributed by atoms with E-state index in [1.807, 2.05) is 6.92 Å². The number of thiazole rings is 1. The zero-order valence-electron chi connectivity index (χ0n) is 11.6. The number of sulfonamides is 1. The number of aliphatic hydroxyl groups is 1. The first-order valence-electron chi connectivity index (χ1n) is 6.71. The maximum Gasteiger partial charge on any atom is 0.259 e. The lowest BCUT2D eigenvalue weighted by Crippen LogP contribution is -2.30. The van der Waals surface area contributed by atoms with Crippen molar-refractivity contribution in [2.75, 3.05) is 13.2 Å². The Morgan fingerprint density at radius 2 is 2.29 bits per heavy atom. The van der Waals surface area contributed by atoms with Gasteiger partial charge in [-0.1, -0.05) is 24.9 Å². The zero-order chi connectivity index (χ0) is 15.5. The summed E-state index contributed by atoms with van der Waals surface area (Å²) in [4.78, 5) is 4.57. The molecule has 2 heterocycles. The van der Waals surface area contributed by atoms with E-state index in [4.69, 9.17) is 16.7 Å². The van der Waals surface area contributed by atoms with Gasteiger partial charge in [-0.3, -0.25) is 4.40 Å². The van der Waals surface area contributed by atoms with Gasteiger partial charge in [0.2, 0.25) is 0 Å². The standard InChI is InChI=1S/C12H18ClN3O3S2/c1-2-3-9(4-6-17)8-14-21(18,19)11-10(13)15-12-16(11)5-7-20-12/h5,7,9,14,17H,2-4,6,8H2,1H3. The Balaban J connectivity index is 2.18. The molecule has 0 aromatic carbocycles. The molecule has 0 amide bonds. The highest BCUT2D eigenvalue weighted by atomic mass is 35.5. The molecule has 0 spiro atoms. The quantitative estimate of drug-likeness (QED) is 0.763. The first kappa shape index (κ1) is 16.7. The van der Waals surface area contributed by atoms with Gasteiger partial charge in [0.1, 0.15) is 0 Å². The Kier molecular flexibility index (Phi) is 5.61. The minimum atomic E-state index is -3.73. The average Bonchev–Trinajstić information content (AvgIpc) is 2.96. The molecule has 2 aromatic rings. The van der Waals surface area contributed by atoms with Crippen LogP contribution >= 0.6 is 22.9 Å². The van der Waals surface area contributed by atoms with Crippen LogP contribution in [0, 0.1) is 5.92 Å². The molecule has 0 aliphatic heterocycles. The van der Waals surface area contributed by atoms with Crippen LogP contribution in [0.15, 0.2) is 16.6 Å². The number of aromatic nitrogens is 2. The van der Waals surface area contributed by atoms with Crippen molar-refractivity contribution in [1.29, 1.82) is 0 Å². The third-order valence-electron chi connectivity index (χ3n) is 3.23. The summed E-state index contributed by atoms with van der Waals surface area (Å²) in [6.45, 7) is 2.36. The Hall–Kier alpha value is -0.670. The highest BCUT2D eigenvalue weighted by Crippen LogP contribution is 2.25. The molecule has 21 heavy (non-hydrogen) atoms. The molecule has 2 aromatic heterocycles. The molecule has 9 heteroatoms. The van der Waals surface area contributed by atoms with E-state index in [2.05, 4.69) is 9.71 Å². The normalized spacial score (nSPS) is 13.9.